The summed E-state index contributed by atoms with van der Waals surface area (Å²) in [6.45, 7) is 5.34. The summed E-state index contributed by atoms with van der Waals surface area (Å²) in [6, 6.07) is 18.7. The lowest BCUT2D eigenvalue weighted by atomic mass is 9.74. The summed E-state index contributed by atoms with van der Waals surface area (Å²) < 4.78 is 5.47. The molecule has 1 saturated carbocycles. The molecule has 0 spiro atoms. The van der Waals surface area contributed by atoms with Crippen LogP contribution in [-0.2, 0) is 6.42 Å². The second-order valence-electron chi connectivity index (χ2n) is 9.58. The summed E-state index contributed by atoms with van der Waals surface area (Å²) in [5.74, 6) is 1.07. The Morgan fingerprint density at radius 1 is 1.03 bits per heavy atom. The fraction of sp³-hybridized carbons (Fsp3) is 0.500. The molecular weight excluding hydrogens is 396 g/mol. The molecule has 1 saturated heterocycles. The highest BCUT2D eigenvalue weighted by atomic mass is 16.5. The van der Waals surface area contributed by atoms with Crippen molar-refractivity contribution in [2.24, 2.45) is 5.92 Å². The lowest BCUT2D eigenvalue weighted by molar-refractivity contribution is -0.00645. The Morgan fingerprint density at radius 3 is 2.56 bits per heavy atom. The summed E-state index contributed by atoms with van der Waals surface area (Å²) in [7, 11) is 3.90. The number of rotatable bonds is 6. The maximum absolute atomic E-state index is 12.5. The third kappa shape index (κ3) is 5.61. The average molecular weight is 435 g/mol. The Bertz CT molecular complexity index is 889. The number of likely N-dealkylation sites (N-methyl/N-ethyl adjacent to an activating group) is 1. The first-order valence-corrected chi connectivity index (χ1v) is 12.1. The smallest absolute Gasteiger partial charge is 0.119 e. The van der Waals surface area contributed by atoms with E-state index in [1.54, 1.807) is 7.11 Å². The molecule has 1 N–H and O–H groups in total. The molecule has 2 unspecified atom stereocenters. The Hall–Kier alpha value is -2.14. The number of hydrogen-bond donors (Lipinski definition) is 1. The second-order valence-corrected chi connectivity index (χ2v) is 9.58. The fourth-order valence-corrected chi connectivity index (χ4v) is 5.31. The SMILES string of the molecule is COc1cccc(CC2(O)/C(=C\c3ccccc3)CCCCC2CN2CCN(C)CC2)c1. The molecule has 1 aliphatic heterocycles. The van der Waals surface area contributed by atoms with Crippen molar-refractivity contribution in [1.82, 2.24) is 9.80 Å². The molecule has 4 heteroatoms. The summed E-state index contributed by atoms with van der Waals surface area (Å²) in [6.07, 6.45) is 7.21. The van der Waals surface area contributed by atoms with Crippen molar-refractivity contribution >= 4 is 6.08 Å². The molecule has 0 radical (unpaired) electrons. The highest BCUT2D eigenvalue weighted by Gasteiger charge is 2.42. The standard InChI is InChI=1S/C28H38N2O2/c1-29-15-17-30(18-16-29)22-26-13-7-6-12-25(19-23-9-4-3-5-10-23)28(26,31)21-24-11-8-14-27(20-24)32-2/h3-5,8-11,14,19-20,26,31H,6-7,12-13,15-18,21-22H2,1-2H3/b25-19-. The van der Waals surface area contributed by atoms with E-state index in [4.69, 9.17) is 4.74 Å². The summed E-state index contributed by atoms with van der Waals surface area (Å²) in [5, 5.41) is 12.5. The third-order valence-corrected chi connectivity index (χ3v) is 7.30. The van der Waals surface area contributed by atoms with Gasteiger partial charge < -0.3 is 19.6 Å². The minimum Gasteiger partial charge on any atom is -0.497 e. The number of hydrogen-bond acceptors (Lipinski definition) is 4. The minimum absolute atomic E-state index is 0.217. The molecule has 32 heavy (non-hydrogen) atoms. The molecule has 4 nitrogen and oxygen atoms in total. The maximum Gasteiger partial charge on any atom is 0.119 e. The zero-order valence-corrected chi connectivity index (χ0v) is 19.7. The number of piperazine rings is 1. The van der Waals surface area contributed by atoms with Gasteiger partial charge in [-0.3, -0.25) is 0 Å². The van der Waals surface area contributed by atoms with Crippen LogP contribution in [0.25, 0.3) is 6.08 Å². The zero-order chi connectivity index (χ0) is 22.4. The monoisotopic (exact) mass is 434 g/mol. The number of ether oxygens (including phenoxy) is 1. The van der Waals surface area contributed by atoms with Crippen molar-refractivity contribution in [3.8, 4) is 5.75 Å². The minimum atomic E-state index is -0.859. The van der Waals surface area contributed by atoms with Crippen LogP contribution in [0.4, 0.5) is 0 Å². The normalized spacial score (nSPS) is 26.7. The number of benzene rings is 2. The first-order valence-electron chi connectivity index (χ1n) is 12.1. The van der Waals surface area contributed by atoms with Gasteiger partial charge >= 0.3 is 0 Å². The van der Waals surface area contributed by atoms with Crippen LogP contribution in [0, 0.1) is 5.92 Å². The van der Waals surface area contributed by atoms with Crippen LogP contribution in [-0.4, -0.2) is 67.4 Å². The van der Waals surface area contributed by atoms with Crippen molar-refractivity contribution in [3.05, 3.63) is 71.3 Å². The Morgan fingerprint density at radius 2 is 1.81 bits per heavy atom. The molecule has 172 valence electrons. The van der Waals surface area contributed by atoms with Crippen LogP contribution >= 0.6 is 0 Å². The number of methoxy groups -OCH3 is 1. The van der Waals surface area contributed by atoms with Crippen molar-refractivity contribution < 1.29 is 9.84 Å². The van der Waals surface area contributed by atoms with Crippen LogP contribution in [0.5, 0.6) is 5.75 Å². The highest BCUT2D eigenvalue weighted by Crippen LogP contribution is 2.41. The zero-order valence-electron chi connectivity index (χ0n) is 19.7. The van der Waals surface area contributed by atoms with Crippen LogP contribution in [0.15, 0.2) is 60.2 Å². The van der Waals surface area contributed by atoms with Gasteiger partial charge in [0.15, 0.2) is 0 Å². The summed E-state index contributed by atoms with van der Waals surface area (Å²) in [5.41, 5.74) is 2.63. The Kier molecular flexibility index (Phi) is 7.67. The lowest BCUT2D eigenvalue weighted by Gasteiger charge is -2.42. The van der Waals surface area contributed by atoms with Gasteiger partial charge in [0.2, 0.25) is 0 Å². The molecule has 2 aliphatic rings. The maximum atomic E-state index is 12.5. The first kappa shape index (κ1) is 23.0. The molecule has 1 heterocycles. The van der Waals surface area contributed by atoms with Crippen molar-refractivity contribution in [2.75, 3.05) is 46.9 Å². The first-order chi connectivity index (χ1) is 15.6. The second kappa shape index (κ2) is 10.7. The third-order valence-electron chi connectivity index (χ3n) is 7.30. The van der Waals surface area contributed by atoms with E-state index in [1.165, 1.54) is 17.6 Å². The van der Waals surface area contributed by atoms with Gasteiger partial charge in [0.25, 0.3) is 0 Å². The Labute approximate surface area is 193 Å². The van der Waals surface area contributed by atoms with Gasteiger partial charge in [-0.1, -0.05) is 55.0 Å². The van der Waals surface area contributed by atoms with Gasteiger partial charge in [-0.25, -0.2) is 0 Å². The van der Waals surface area contributed by atoms with Crippen LogP contribution in [0.1, 0.15) is 36.8 Å². The van der Waals surface area contributed by atoms with E-state index < -0.39 is 5.60 Å². The van der Waals surface area contributed by atoms with Crippen molar-refractivity contribution in [1.29, 1.82) is 0 Å². The number of aliphatic hydroxyl groups is 1. The van der Waals surface area contributed by atoms with E-state index in [1.807, 2.05) is 18.2 Å². The lowest BCUT2D eigenvalue weighted by Crippen LogP contribution is -2.51. The van der Waals surface area contributed by atoms with Gasteiger partial charge in [-0.2, -0.15) is 0 Å². The molecule has 0 bridgehead atoms. The fourth-order valence-electron chi connectivity index (χ4n) is 5.31. The molecular formula is C28H38N2O2. The van der Waals surface area contributed by atoms with Crippen molar-refractivity contribution in [2.45, 2.75) is 37.7 Å². The van der Waals surface area contributed by atoms with Gasteiger partial charge in [0.1, 0.15) is 5.75 Å². The van der Waals surface area contributed by atoms with E-state index in [2.05, 4.69) is 59.3 Å². The summed E-state index contributed by atoms with van der Waals surface area (Å²) in [4.78, 5) is 4.96. The molecule has 0 aromatic heterocycles. The largest absolute Gasteiger partial charge is 0.497 e. The van der Waals surface area contributed by atoms with Gasteiger partial charge in [0, 0.05) is 45.1 Å². The van der Waals surface area contributed by atoms with E-state index in [0.717, 1.165) is 63.3 Å². The molecule has 1 aliphatic carbocycles. The van der Waals surface area contributed by atoms with E-state index in [9.17, 15) is 5.11 Å². The van der Waals surface area contributed by atoms with E-state index in [0.29, 0.717) is 6.42 Å². The van der Waals surface area contributed by atoms with Gasteiger partial charge in [-0.05, 0) is 55.1 Å². The van der Waals surface area contributed by atoms with Crippen LogP contribution < -0.4 is 4.74 Å². The van der Waals surface area contributed by atoms with Crippen LogP contribution in [0.2, 0.25) is 0 Å². The molecule has 2 atom stereocenters. The predicted molar refractivity (Wildman–Crippen MR) is 132 cm³/mol. The quantitative estimate of drug-likeness (QED) is 0.680. The average Bonchev–Trinajstić information content (AvgIpc) is 2.95. The van der Waals surface area contributed by atoms with E-state index in [-0.39, 0.29) is 5.92 Å². The molecule has 2 aromatic rings. The molecule has 2 fully saturated rings. The molecule has 2 aromatic carbocycles. The van der Waals surface area contributed by atoms with Crippen LogP contribution in [0.3, 0.4) is 0 Å². The highest BCUT2D eigenvalue weighted by molar-refractivity contribution is 5.56. The predicted octanol–water partition coefficient (Wildman–Crippen LogP) is 4.49. The number of nitrogens with zero attached hydrogens (tertiary/aromatic N) is 2. The van der Waals surface area contributed by atoms with E-state index >= 15 is 0 Å². The molecule has 4 rings (SSSR count). The topological polar surface area (TPSA) is 35.9 Å². The van der Waals surface area contributed by atoms with Crippen molar-refractivity contribution in [3.63, 3.8) is 0 Å². The molecule has 0 amide bonds. The summed E-state index contributed by atoms with van der Waals surface area (Å²) >= 11 is 0. The Balaban J connectivity index is 1.68. The van der Waals surface area contributed by atoms with Gasteiger partial charge in [-0.15, -0.1) is 0 Å². The van der Waals surface area contributed by atoms with Gasteiger partial charge in [0.05, 0.1) is 12.7 Å².